The van der Waals surface area contributed by atoms with Gasteiger partial charge in [-0.15, -0.1) is 11.3 Å². The third-order valence-electron chi connectivity index (χ3n) is 5.80. The van der Waals surface area contributed by atoms with E-state index < -0.39 is 5.97 Å². The van der Waals surface area contributed by atoms with Crippen molar-refractivity contribution in [3.63, 3.8) is 0 Å². The number of rotatable bonds is 9. The second-order valence-electron chi connectivity index (χ2n) is 8.16. The van der Waals surface area contributed by atoms with Gasteiger partial charge in [-0.05, 0) is 52.3 Å². The quantitative estimate of drug-likeness (QED) is 0.479. The van der Waals surface area contributed by atoms with Crippen LogP contribution in [0.1, 0.15) is 45.9 Å². The van der Waals surface area contributed by atoms with Crippen LogP contribution in [-0.4, -0.2) is 22.5 Å². The van der Waals surface area contributed by atoms with Crippen LogP contribution in [0.2, 0.25) is 0 Å². The molecule has 0 bridgehead atoms. The first-order valence-electron chi connectivity index (χ1n) is 10.8. The van der Waals surface area contributed by atoms with Crippen LogP contribution in [0.3, 0.4) is 0 Å². The Labute approximate surface area is 192 Å². The fourth-order valence-electron chi connectivity index (χ4n) is 4.15. The molecule has 0 saturated carbocycles. The molecule has 1 aromatic heterocycles. The molecule has 1 aliphatic rings. The Balaban J connectivity index is 1.33. The lowest BCUT2D eigenvalue weighted by Gasteiger charge is -2.27. The van der Waals surface area contributed by atoms with Gasteiger partial charge in [-0.1, -0.05) is 36.4 Å². The highest BCUT2D eigenvalue weighted by Crippen LogP contribution is 2.27. The summed E-state index contributed by atoms with van der Waals surface area (Å²) >= 11 is 1.86. The van der Waals surface area contributed by atoms with Crippen LogP contribution in [0.15, 0.2) is 60.0 Å². The molecule has 1 N–H and O–H groups in total. The van der Waals surface area contributed by atoms with Crippen molar-refractivity contribution in [2.45, 2.75) is 44.9 Å². The number of hydrogen-bond acceptors (Lipinski definition) is 5. The fourth-order valence-corrected chi connectivity index (χ4v) is 5.04. The molecule has 1 unspecified atom stereocenters. The largest absolute Gasteiger partial charge is 0.489 e. The van der Waals surface area contributed by atoms with Crippen LogP contribution in [-0.2, 0) is 30.9 Å². The number of nitriles is 1. The number of carboxylic acids is 1. The molecule has 5 nitrogen and oxygen atoms in total. The molecule has 0 fully saturated rings. The summed E-state index contributed by atoms with van der Waals surface area (Å²) in [5.74, 6) is -0.472. The van der Waals surface area contributed by atoms with Gasteiger partial charge in [0.05, 0.1) is 12.5 Å². The van der Waals surface area contributed by atoms with E-state index in [-0.39, 0.29) is 18.8 Å². The highest BCUT2D eigenvalue weighted by molar-refractivity contribution is 7.10. The Morgan fingerprint density at radius 3 is 2.78 bits per heavy atom. The molecule has 0 spiro atoms. The standard InChI is InChI=1S/C26H26N2O3S/c27-11-8-22(15-26(29)30)21-4-6-24(7-5-21)31-18-20-3-1-2-19(14-20)16-28-12-9-25-23(17-28)10-13-32-25/h1-7,10,13-14,22H,8-9,12,15-18H2,(H,29,30). The number of carboxylic acid groups (broad SMARTS) is 1. The van der Waals surface area contributed by atoms with Crippen LogP contribution >= 0.6 is 11.3 Å². The van der Waals surface area contributed by atoms with Gasteiger partial charge in [-0.25, -0.2) is 0 Å². The molecule has 4 rings (SSSR count). The van der Waals surface area contributed by atoms with E-state index in [2.05, 4.69) is 46.7 Å². The highest BCUT2D eigenvalue weighted by atomic mass is 32.1. The second-order valence-corrected chi connectivity index (χ2v) is 9.17. The van der Waals surface area contributed by atoms with Crippen LogP contribution in [0.4, 0.5) is 0 Å². The Kier molecular flexibility index (Phi) is 7.21. The van der Waals surface area contributed by atoms with E-state index in [0.717, 1.165) is 42.9 Å². The van der Waals surface area contributed by atoms with Gasteiger partial charge in [0.2, 0.25) is 0 Å². The van der Waals surface area contributed by atoms with Gasteiger partial charge in [0.1, 0.15) is 12.4 Å². The minimum Gasteiger partial charge on any atom is -0.489 e. The van der Waals surface area contributed by atoms with Gasteiger partial charge in [-0.3, -0.25) is 9.69 Å². The van der Waals surface area contributed by atoms with Crippen molar-refractivity contribution in [1.82, 2.24) is 4.90 Å². The summed E-state index contributed by atoms with van der Waals surface area (Å²) in [7, 11) is 0. The normalized spacial score (nSPS) is 14.3. The number of benzene rings is 2. The molecule has 2 heterocycles. The van der Waals surface area contributed by atoms with Crippen molar-refractivity contribution < 1.29 is 14.6 Å². The maximum absolute atomic E-state index is 11.0. The molecule has 3 aromatic rings. The molecule has 6 heteroatoms. The lowest BCUT2D eigenvalue weighted by Crippen LogP contribution is -2.29. The van der Waals surface area contributed by atoms with Gasteiger partial charge in [0.25, 0.3) is 0 Å². The molecule has 164 valence electrons. The summed E-state index contributed by atoms with van der Waals surface area (Å²) in [6.07, 6.45) is 1.27. The lowest BCUT2D eigenvalue weighted by atomic mass is 9.93. The number of thiophene rings is 1. The van der Waals surface area contributed by atoms with E-state index in [1.807, 2.05) is 35.6 Å². The zero-order chi connectivity index (χ0) is 22.3. The summed E-state index contributed by atoms with van der Waals surface area (Å²) in [6.45, 7) is 3.51. The molecule has 1 atom stereocenters. The molecule has 0 saturated heterocycles. The first-order valence-corrected chi connectivity index (χ1v) is 11.7. The van der Waals surface area contributed by atoms with Crippen LogP contribution < -0.4 is 4.74 Å². The number of hydrogen-bond donors (Lipinski definition) is 1. The smallest absolute Gasteiger partial charge is 0.303 e. The van der Waals surface area contributed by atoms with E-state index in [9.17, 15) is 4.79 Å². The molecule has 0 aliphatic carbocycles. The second kappa shape index (κ2) is 10.4. The summed E-state index contributed by atoms with van der Waals surface area (Å²) in [5, 5.41) is 20.2. The number of nitrogens with zero attached hydrogens (tertiary/aromatic N) is 2. The Morgan fingerprint density at radius 1 is 1.19 bits per heavy atom. The van der Waals surface area contributed by atoms with Gasteiger partial charge < -0.3 is 9.84 Å². The average Bonchev–Trinajstić information content (AvgIpc) is 3.26. The molecule has 0 radical (unpaired) electrons. The van der Waals surface area contributed by atoms with Crippen molar-refractivity contribution in [2.75, 3.05) is 6.54 Å². The van der Waals surface area contributed by atoms with Crippen molar-refractivity contribution in [2.24, 2.45) is 0 Å². The molecule has 2 aromatic carbocycles. The van der Waals surface area contributed by atoms with Gasteiger partial charge in [-0.2, -0.15) is 5.26 Å². The predicted molar refractivity (Wildman–Crippen MR) is 125 cm³/mol. The summed E-state index contributed by atoms with van der Waals surface area (Å²) in [4.78, 5) is 15.1. The first-order chi connectivity index (χ1) is 15.6. The third-order valence-corrected chi connectivity index (χ3v) is 6.82. The number of ether oxygens (including phenoxy) is 1. The van der Waals surface area contributed by atoms with E-state index in [0.29, 0.717) is 6.61 Å². The topological polar surface area (TPSA) is 73.6 Å². The maximum atomic E-state index is 11.0. The maximum Gasteiger partial charge on any atom is 0.303 e. The monoisotopic (exact) mass is 446 g/mol. The van der Waals surface area contributed by atoms with Crippen LogP contribution in [0, 0.1) is 11.3 Å². The molecule has 32 heavy (non-hydrogen) atoms. The van der Waals surface area contributed by atoms with Gasteiger partial charge in [0, 0.05) is 36.9 Å². The number of aliphatic carboxylic acids is 1. The molecule has 0 amide bonds. The fraction of sp³-hybridized carbons (Fsp3) is 0.308. The minimum absolute atomic E-state index is 0.0503. The summed E-state index contributed by atoms with van der Waals surface area (Å²) in [6, 6.07) is 20.2. The Hall–Kier alpha value is -3.14. The molecular formula is C26H26N2O3S. The molecular weight excluding hydrogens is 420 g/mol. The average molecular weight is 447 g/mol. The Bertz CT molecular complexity index is 1100. The lowest BCUT2D eigenvalue weighted by molar-refractivity contribution is -0.137. The third kappa shape index (κ3) is 5.76. The zero-order valence-corrected chi connectivity index (χ0v) is 18.7. The van der Waals surface area contributed by atoms with E-state index >= 15 is 0 Å². The van der Waals surface area contributed by atoms with Gasteiger partial charge in [0.15, 0.2) is 0 Å². The van der Waals surface area contributed by atoms with Crippen molar-refractivity contribution in [3.05, 3.63) is 87.1 Å². The first kappa shape index (κ1) is 22.1. The highest BCUT2D eigenvalue weighted by Gasteiger charge is 2.17. The minimum atomic E-state index is -0.897. The Morgan fingerprint density at radius 2 is 2.00 bits per heavy atom. The van der Waals surface area contributed by atoms with Crippen molar-refractivity contribution in [1.29, 1.82) is 5.26 Å². The van der Waals surface area contributed by atoms with Gasteiger partial charge >= 0.3 is 5.97 Å². The van der Waals surface area contributed by atoms with E-state index in [1.165, 1.54) is 16.0 Å². The number of carbonyl (C=O) groups is 1. The van der Waals surface area contributed by atoms with Crippen LogP contribution in [0.25, 0.3) is 0 Å². The zero-order valence-electron chi connectivity index (χ0n) is 17.9. The molecule has 1 aliphatic heterocycles. The summed E-state index contributed by atoms with van der Waals surface area (Å²) < 4.78 is 5.96. The van der Waals surface area contributed by atoms with Crippen molar-refractivity contribution >= 4 is 17.3 Å². The SMILES string of the molecule is N#CCC(CC(=O)O)c1ccc(OCc2cccc(CN3CCc4sccc4C3)c2)cc1. The van der Waals surface area contributed by atoms with Crippen molar-refractivity contribution in [3.8, 4) is 11.8 Å². The number of fused-ring (bicyclic) bond motifs is 1. The van der Waals surface area contributed by atoms with E-state index in [1.54, 1.807) is 0 Å². The predicted octanol–water partition coefficient (Wildman–Crippen LogP) is 5.36. The summed E-state index contributed by atoms with van der Waals surface area (Å²) in [5.41, 5.74) is 4.71. The van der Waals surface area contributed by atoms with E-state index in [4.69, 9.17) is 15.1 Å². The van der Waals surface area contributed by atoms with Crippen LogP contribution in [0.5, 0.6) is 5.75 Å².